The van der Waals surface area contributed by atoms with Gasteiger partial charge in [0.05, 0.1) is 74.4 Å². The van der Waals surface area contributed by atoms with E-state index in [0.717, 1.165) is 19.3 Å². The predicted octanol–water partition coefficient (Wildman–Crippen LogP) is 17.9. The average Bonchev–Trinajstić information content (AvgIpc) is 1.57. The molecule has 28 nitrogen and oxygen atoms in total. The van der Waals surface area contributed by atoms with Gasteiger partial charge in [-0.25, -0.2) is 47.9 Å². The summed E-state index contributed by atoms with van der Waals surface area (Å²) in [4.78, 5) is 176. The highest BCUT2D eigenvalue weighted by Crippen LogP contribution is 2.68. The average molecular weight is 1940 g/mol. The van der Waals surface area contributed by atoms with E-state index in [1.165, 1.54) is 104 Å². The Balaban J connectivity index is 0.618. The van der Waals surface area contributed by atoms with E-state index in [-0.39, 0.29) is 116 Å². The number of esters is 10. The quantitative estimate of drug-likeness (QED) is 0.0205. The van der Waals surface area contributed by atoms with Gasteiger partial charge in [0.1, 0.15) is 43.1 Å². The van der Waals surface area contributed by atoms with Crippen LogP contribution in [0.1, 0.15) is 202 Å². The van der Waals surface area contributed by atoms with Gasteiger partial charge < -0.3 is 75.8 Å². The summed E-state index contributed by atoms with van der Waals surface area (Å²) in [5.74, 6) is -10.2. The molecule has 0 aromatic heterocycles. The summed E-state index contributed by atoms with van der Waals surface area (Å²) in [6.45, 7) is 8.41. The molecule has 10 aromatic carbocycles. The number of hydrogen-bond donors (Lipinski definition) is 0. The second kappa shape index (κ2) is 45.9. The lowest BCUT2D eigenvalue weighted by Gasteiger charge is -2.61. The van der Waals surface area contributed by atoms with E-state index in [4.69, 9.17) is 75.8 Å². The Bertz CT molecular complexity index is 6070. The summed E-state index contributed by atoms with van der Waals surface area (Å²) < 4.78 is 105. The Morgan fingerprint density at radius 3 is 1.04 bits per heavy atom. The number of hydrogen-bond acceptors (Lipinski definition) is 28. The lowest BCUT2D eigenvalue weighted by Crippen LogP contribution is -2.67. The van der Waals surface area contributed by atoms with Gasteiger partial charge in [-0.2, -0.15) is 0 Å². The number of benzene rings is 10. The number of ketones is 2. The lowest BCUT2D eigenvalue weighted by molar-refractivity contribution is -0.359. The first kappa shape index (κ1) is 101. The molecule has 0 radical (unpaired) electrons. The van der Waals surface area contributed by atoms with Crippen molar-refractivity contribution in [3.05, 3.63) is 359 Å². The van der Waals surface area contributed by atoms with E-state index in [0.29, 0.717) is 32.1 Å². The molecule has 28 heteroatoms. The first-order valence-corrected chi connectivity index (χ1v) is 48.8. The molecule has 0 N–H and O–H groups in total. The molecule has 4 aliphatic carbocycles. The zero-order valence-electron chi connectivity index (χ0n) is 79.8. The molecular formula is C115H114O28. The fourth-order valence-electron chi connectivity index (χ4n) is 21.9. The molecule has 0 bridgehead atoms. The van der Waals surface area contributed by atoms with Crippen molar-refractivity contribution in [3.63, 3.8) is 0 Å². The van der Waals surface area contributed by atoms with Crippen molar-refractivity contribution in [2.45, 2.75) is 197 Å². The number of ether oxygens (including phenoxy) is 16. The van der Waals surface area contributed by atoms with Crippen LogP contribution in [0.15, 0.2) is 303 Å². The van der Waals surface area contributed by atoms with Gasteiger partial charge in [-0.3, -0.25) is 9.59 Å². The molecule has 7 fully saturated rings. The van der Waals surface area contributed by atoms with Crippen molar-refractivity contribution in [2.24, 2.45) is 52.3 Å². The fourth-order valence-corrected chi connectivity index (χ4v) is 21.9. The maximum Gasteiger partial charge on any atom is 0.338 e. The molecule has 3 heterocycles. The van der Waals surface area contributed by atoms with Gasteiger partial charge in [-0.05, 0) is 220 Å². The Labute approximate surface area is 828 Å². The van der Waals surface area contributed by atoms with Crippen LogP contribution in [-0.2, 0) is 85.4 Å². The minimum absolute atomic E-state index is 0.0253. The molecule has 17 unspecified atom stereocenters. The second-order valence-corrected chi connectivity index (χ2v) is 38.3. The lowest BCUT2D eigenvalue weighted by atomic mass is 9.44. The zero-order chi connectivity index (χ0) is 99.8. The number of fused-ring (bicyclic) bond motifs is 5. The number of rotatable bonds is 34. The van der Waals surface area contributed by atoms with Crippen LogP contribution in [0.4, 0.5) is 0 Å². The first-order valence-electron chi connectivity index (χ1n) is 48.8. The number of Topliss-reactive ketones (excluding diaryl/α,β-unsaturated/α-hetero) is 2. The molecule has 10 aromatic rings. The normalized spacial score (nSPS) is 28.3. The van der Waals surface area contributed by atoms with E-state index in [2.05, 4.69) is 13.8 Å². The summed E-state index contributed by atoms with van der Waals surface area (Å²) in [6, 6.07) is 80.4. The highest BCUT2D eigenvalue weighted by molar-refractivity contribution is 5.96. The molecule has 7 aliphatic rings. The predicted molar refractivity (Wildman–Crippen MR) is 514 cm³/mol. The van der Waals surface area contributed by atoms with Crippen LogP contribution in [-0.4, -0.2) is 189 Å². The highest BCUT2D eigenvalue weighted by atomic mass is 16.8. The van der Waals surface area contributed by atoms with Crippen LogP contribution in [0.2, 0.25) is 0 Å². The molecule has 17 rings (SSSR count). The van der Waals surface area contributed by atoms with Crippen molar-refractivity contribution in [1.82, 2.24) is 0 Å². The van der Waals surface area contributed by atoms with Gasteiger partial charge in [0.15, 0.2) is 67.7 Å². The van der Waals surface area contributed by atoms with E-state index >= 15 is 19.2 Å². The van der Waals surface area contributed by atoms with Gasteiger partial charge in [0.25, 0.3) is 0 Å². The van der Waals surface area contributed by atoms with Gasteiger partial charge >= 0.3 is 59.7 Å². The summed E-state index contributed by atoms with van der Waals surface area (Å²) in [5.41, 5.74) is 0.238. The SMILES string of the molecule is CC1O[C@@H](O[C@@H]2C(COC(=O)c3ccccc3)O[C@@H](OC3CCC4(C)C(CCC5C4CCC4(C)C5CC(=O)C4[C@H](C)C(=O)CC[C@H](C)CO[C@@H]4OC(COC(=O)c5ccccc5)[C@H](OC(=O)c5ccccc5)C(OC(=O)c5ccccc5)C4OC(=O)c4ccccc4)C3)C(OC(=O)c3ccccc3)C2OC(=O)c2ccccc2)C(OC(=O)c2ccccc2)C(OC(=O)c2ccccc2)[C@H]1OC(=O)c1ccccc1. The molecule has 0 spiro atoms. The summed E-state index contributed by atoms with van der Waals surface area (Å²) in [5, 5.41) is 0. The largest absolute Gasteiger partial charge is 0.459 e. The van der Waals surface area contributed by atoms with E-state index < -0.39 is 194 Å². The Morgan fingerprint density at radius 2 is 0.650 bits per heavy atom. The minimum atomic E-state index is -1.92. The second-order valence-electron chi connectivity index (χ2n) is 38.3. The molecule has 143 heavy (non-hydrogen) atoms. The molecular weight excluding hydrogens is 1830 g/mol. The van der Waals surface area contributed by atoms with Crippen molar-refractivity contribution < 1.29 is 133 Å². The summed E-state index contributed by atoms with van der Waals surface area (Å²) >= 11 is 0. The van der Waals surface area contributed by atoms with Crippen LogP contribution < -0.4 is 0 Å². The van der Waals surface area contributed by atoms with Crippen LogP contribution in [0.5, 0.6) is 0 Å². The number of carbonyl (C=O) groups is 12. The van der Waals surface area contributed by atoms with Gasteiger partial charge in [-0.1, -0.05) is 210 Å². The Morgan fingerprint density at radius 1 is 0.336 bits per heavy atom. The van der Waals surface area contributed by atoms with Crippen LogP contribution in [0.25, 0.3) is 0 Å². The van der Waals surface area contributed by atoms with Crippen LogP contribution in [0, 0.1) is 52.3 Å². The topological polar surface area (TPSA) is 353 Å². The molecule has 0 amide bonds. The van der Waals surface area contributed by atoms with Gasteiger partial charge in [0, 0.05) is 24.7 Å². The molecule has 742 valence electrons. The van der Waals surface area contributed by atoms with Gasteiger partial charge in [0.2, 0.25) is 0 Å². The van der Waals surface area contributed by atoms with Crippen LogP contribution >= 0.6 is 0 Å². The zero-order valence-corrected chi connectivity index (χ0v) is 79.8. The maximum atomic E-state index is 15.3. The van der Waals surface area contributed by atoms with E-state index in [1.807, 2.05) is 13.8 Å². The third kappa shape index (κ3) is 23.4. The van der Waals surface area contributed by atoms with Crippen LogP contribution in [0.3, 0.4) is 0 Å². The third-order valence-electron chi connectivity index (χ3n) is 29.3. The first-order chi connectivity index (χ1) is 69.3. The minimum Gasteiger partial charge on any atom is -0.459 e. The smallest absolute Gasteiger partial charge is 0.338 e. The highest BCUT2D eigenvalue weighted by Gasteiger charge is 2.65. The third-order valence-corrected chi connectivity index (χ3v) is 29.3. The molecule has 3 aliphatic heterocycles. The monoisotopic (exact) mass is 1940 g/mol. The van der Waals surface area contributed by atoms with Gasteiger partial charge in [-0.15, -0.1) is 0 Å². The van der Waals surface area contributed by atoms with Crippen molar-refractivity contribution in [2.75, 3.05) is 19.8 Å². The van der Waals surface area contributed by atoms with E-state index in [9.17, 15) is 38.4 Å². The van der Waals surface area contributed by atoms with Crippen molar-refractivity contribution in [1.29, 1.82) is 0 Å². The standard InChI is InChI=1S/C115H114O28/c1-69(66-130-111-98(140-108(125)79-50-30-13-31-51-79)96(138-106(123)77-46-26-11-27-47-77)93(136-104(121)75-42-22-9-23-43-75)89(133-111)67-128-101(118)72-36-16-6-17-37-72)56-59-87(116)70(2)91-88(117)65-86-84-58-57-82-64-83(60-62-114(82,4)85(84)61-63-115(86,91)5)132-113-100(142-110(127)81-54-34-15-35-55-81)97(139-107(124)78-48-28-12-29-49-78)94(90(134-113)68-129-102(119)73-38-18-7-19-39-73)143-112-99(141-109(126)80-52-32-14-33-53-80)95(137-105(122)76-44-24-10-25-45-76)92(71(3)131-112)135-103(120)74-40-20-8-21-41-74/h6-55,69-71,82-86,89-100,111-113H,56-68H2,1-5H3/t69-,70+,71?,82?,83?,84?,85?,86?,89?,90?,91?,92-,93-,94+,95?,96?,97?,98?,99?,100?,111+,112-,113+,114?,115?/m0/s1. The maximum absolute atomic E-state index is 15.3. The van der Waals surface area contributed by atoms with Crippen molar-refractivity contribution in [3.8, 4) is 0 Å². The van der Waals surface area contributed by atoms with E-state index in [1.54, 1.807) is 206 Å². The Hall–Kier alpha value is -14.0. The molecule has 4 saturated carbocycles. The summed E-state index contributed by atoms with van der Waals surface area (Å²) in [7, 11) is 0. The Kier molecular flexibility index (Phi) is 32.3. The summed E-state index contributed by atoms with van der Waals surface area (Å²) in [6.07, 6.45) is -20.4. The van der Waals surface area contributed by atoms with Crippen molar-refractivity contribution >= 4 is 71.3 Å². The molecule has 3 saturated heterocycles. The number of carbonyl (C=O) groups excluding carboxylic acids is 12. The fraction of sp³-hybridized carbons (Fsp3) is 0.374. The molecule has 25 atom stereocenters.